The minimum absolute atomic E-state index is 0.120. The van der Waals surface area contributed by atoms with Crippen LogP contribution in [0.2, 0.25) is 0 Å². The van der Waals surface area contributed by atoms with Crippen molar-refractivity contribution in [1.82, 2.24) is 10.0 Å². The van der Waals surface area contributed by atoms with Crippen LogP contribution in [0, 0.1) is 0 Å². The van der Waals surface area contributed by atoms with Crippen molar-refractivity contribution in [3.8, 4) is 0 Å². The molecule has 118 valence electrons. The van der Waals surface area contributed by atoms with E-state index in [1.165, 1.54) is 5.56 Å². The van der Waals surface area contributed by atoms with Crippen molar-refractivity contribution < 1.29 is 8.42 Å². The zero-order valence-corrected chi connectivity index (χ0v) is 13.6. The van der Waals surface area contributed by atoms with E-state index < -0.39 is 10.0 Å². The third kappa shape index (κ3) is 5.09. The van der Waals surface area contributed by atoms with Crippen LogP contribution in [-0.2, 0) is 16.4 Å². The monoisotopic (exact) mass is 310 g/mol. The number of aryl methyl sites for hydroxylation is 1. The van der Waals surface area contributed by atoms with Gasteiger partial charge in [0.2, 0.25) is 10.0 Å². The van der Waals surface area contributed by atoms with Gasteiger partial charge >= 0.3 is 0 Å². The van der Waals surface area contributed by atoms with Crippen molar-refractivity contribution in [3.05, 3.63) is 29.8 Å². The Morgan fingerprint density at radius 3 is 2.43 bits per heavy atom. The number of nitrogens with one attached hydrogen (secondary N) is 2. The fourth-order valence-electron chi connectivity index (χ4n) is 2.76. The third-order valence-corrected chi connectivity index (χ3v) is 5.52. The van der Waals surface area contributed by atoms with Crippen LogP contribution < -0.4 is 10.0 Å². The first-order valence-corrected chi connectivity index (χ1v) is 9.42. The molecule has 0 amide bonds. The molecule has 0 spiro atoms. The van der Waals surface area contributed by atoms with Gasteiger partial charge < -0.3 is 5.32 Å². The van der Waals surface area contributed by atoms with E-state index in [-0.39, 0.29) is 6.04 Å². The van der Waals surface area contributed by atoms with E-state index in [1.54, 1.807) is 12.1 Å². The first-order chi connectivity index (χ1) is 10.1. The first-order valence-electron chi connectivity index (χ1n) is 7.94. The predicted molar refractivity (Wildman–Crippen MR) is 85.9 cm³/mol. The molecule has 1 saturated carbocycles. The largest absolute Gasteiger partial charge is 0.317 e. The van der Waals surface area contributed by atoms with Crippen molar-refractivity contribution >= 4 is 10.0 Å². The van der Waals surface area contributed by atoms with Gasteiger partial charge in [0.15, 0.2) is 0 Å². The summed E-state index contributed by atoms with van der Waals surface area (Å²) in [6.45, 7) is 4.08. The van der Waals surface area contributed by atoms with Crippen LogP contribution in [0.25, 0.3) is 0 Å². The minimum Gasteiger partial charge on any atom is -0.317 e. The Bertz CT molecular complexity index is 520. The number of rotatable bonds is 8. The maximum Gasteiger partial charge on any atom is 0.240 e. The van der Waals surface area contributed by atoms with E-state index in [2.05, 4.69) is 17.0 Å². The topological polar surface area (TPSA) is 58.2 Å². The van der Waals surface area contributed by atoms with Gasteiger partial charge in [0.1, 0.15) is 0 Å². The summed E-state index contributed by atoms with van der Waals surface area (Å²) in [4.78, 5) is 0.379. The van der Waals surface area contributed by atoms with Crippen LogP contribution in [0.15, 0.2) is 29.2 Å². The molecule has 0 bridgehead atoms. The van der Waals surface area contributed by atoms with Gasteiger partial charge in [-0.05, 0) is 56.5 Å². The Morgan fingerprint density at radius 1 is 1.14 bits per heavy atom. The Balaban J connectivity index is 1.90. The molecule has 0 radical (unpaired) electrons. The van der Waals surface area contributed by atoms with Crippen LogP contribution in [0.1, 0.15) is 44.6 Å². The molecule has 2 rings (SSSR count). The lowest BCUT2D eigenvalue weighted by molar-refractivity contribution is 0.552. The second kappa shape index (κ2) is 7.92. The molecule has 0 heterocycles. The first kappa shape index (κ1) is 16.5. The highest BCUT2D eigenvalue weighted by Crippen LogP contribution is 2.20. The standard InChI is InChI=1S/C16H26N2O2S/c1-2-17-13-5-6-14-9-11-16(12-10-14)21(19,20)18-15-7-3-4-8-15/h9-12,15,17-18H,2-8,13H2,1H3. The summed E-state index contributed by atoms with van der Waals surface area (Å²) >= 11 is 0. The van der Waals surface area contributed by atoms with Crippen molar-refractivity contribution in [3.63, 3.8) is 0 Å². The van der Waals surface area contributed by atoms with Gasteiger partial charge in [-0.15, -0.1) is 0 Å². The molecule has 0 atom stereocenters. The Kier molecular flexibility index (Phi) is 6.21. The third-order valence-electron chi connectivity index (χ3n) is 3.98. The Hall–Kier alpha value is -0.910. The summed E-state index contributed by atoms with van der Waals surface area (Å²) in [5, 5.41) is 3.29. The van der Waals surface area contributed by atoms with Crippen LogP contribution >= 0.6 is 0 Å². The fraction of sp³-hybridized carbons (Fsp3) is 0.625. The molecule has 1 aromatic carbocycles. The highest BCUT2D eigenvalue weighted by Gasteiger charge is 2.22. The summed E-state index contributed by atoms with van der Waals surface area (Å²) in [7, 11) is -3.35. The van der Waals surface area contributed by atoms with Gasteiger partial charge in [0, 0.05) is 6.04 Å². The summed E-state index contributed by atoms with van der Waals surface area (Å²) in [6, 6.07) is 7.42. The molecule has 21 heavy (non-hydrogen) atoms. The maximum absolute atomic E-state index is 12.3. The summed E-state index contributed by atoms with van der Waals surface area (Å²) in [6.07, 6.45) is 6.21. The smallest absolute Gasteiger partial charge is 0.240 e. The minimum atomic E-state index is -3.35. The highest BCUT2D eigenvalue weighted by molar-refractivity contribution is 7.89. The van der Waals surface area contributed by atoms with Crippen LogP contribution in [0.5, 0.6) is 0 Å². The van der Waals surface area contributed by atoms with E-state index in [1.807, 2.05) is 12.1 Å². The molecule has 1 aliphatic carbocycles. The van der Waals surface area contributed by atoms with Gasteiger partial charge in [-0.2, -0.15) is 0 Å². The molecule has 2 N–H and O–H groups in total. The zero-order chi connectivity index (χ0) is 15.1. The van der Waals surface area contributed by atoms with Gasteiger partial charge in [-0.25, -0.2) is 13.1 Å². The number of benzene rings is 1. The second-order valence-corrected chi connectivity index (χ2v) is 7.42. The van der Waals surface area contributed by atoms with Crippen molar-refractivity contribution in [2.24, 2.45) is 0 Å². The maximum atomic E-state index is 12.3. The fourth-order valence-corrected chi connectivity index (χ4v) is 4.07. The number of hydrogen-bond acceptors (Lipinski definition) is 3. The highest BCUT2D eigenvalue weighted by atomic mass is 32.2. The Labute approximate surface area is 128 Å². The van der Waals surface area contributed by atoms with Gasteiger partial charge in [-0.3, -0.25) is 0 Å². The van der Waals surface area contributed by atoms with Crippen LogP contribution in [0.4, 0.5) is 0 Å². The zero-order valence-electron chi connectivity index (χ0n) is 12.8. The lowest BCUT2D eigenvalue weighted by Gasteiger charge is -2.12. The van der Waals surface area contributed by atoms with E-state index in [0.29, 0.717) is 4.90 Å². The van der Waals surface area contributed by atoms with Crippen molar-refractivity contribution in [1.29, 1.82) is 0 Å². The molecule has 5 heteroatoms. The van der Waals surface area contributed by atoms with Crippen molar-refractivity contribution in [2.75, 3.05) is 13.1 Å². The van der Waals surface area contributed by atoms with Crippen LogP contribution in [0.3, 0.4) is 0 Å². The lowest BCUT2D eigenvalue weighted by Crippen LogP contribution is -2.32. The molecule has 0 unspecified atom stereocenters. The molecule has 1 fully saturated rings. The molecular formula is C16H26N2O2S. The average Bonchev–Trinajstić information content (AvgIpc) is 2.96. The summed E-state index contributed by atoms with van der Waals surface area (Å²) < 4.78 is 27.4. The molecule has 1 aromatic rings. The molecule has 0 aromatic heterocycles. The molecule has 0 aliphatic heterocycles. The molecule has 4 nitrogen and oxygen atoms in total. The predicted octanol–water partition coefficient (Wildman–Crippen LogP) is 2.45. The summed E-state index contributed by atoms with van der Waals surface area (Å²) in [5.74, 6) is 0. The van der Waals surface area contributed by atoms with E-state index >= 15 is 0 Å². The Morgan fingerprint density at radius 2 is 1.81 bits per heavy atom. The molecule has 1 aliphatic rings. The number of sulfonamides is 1. The van der Waals surface area contributed by atoms with E-state index in [9.17, 15) is 8.42 Å². The lowest BCUT2D eigenvalue weighted by atomic mass is 10.1. The average molecular weight is 310 g/mol. The van der Waals surface area contributed by atoms with Gasteiger partial charge in [-0.1, -0.05) is 31.9 Å². The molecular weight excluding hydrogens is 284 g/mol. The second-order valence-electron chi connectivity index (χ2n) is 5.70. The van der Waals surface area contributed by atoms with E-state index in [0.717, 1.165) is 51.6 Å². The quantitative estimate of drug-likeness (QED) is 0.725. The van der Waals surface area contributed by atoms with Gasteiger partial charge in [0.25, 0.3) is 0 Å². The van der Waals surface area contributed by atoms with Gasteiger partial charge in [0.05, 0.1) is 4.90 Å². The SMILES string of the molecule is CCNCCCc1ccc(S(=O)(=O)NC2CCCC2)cc1. The normalized spacial score (nSPS) is 16.4. The van der Waals surface area contributed by atoms with Crippen molar-refractivity contribution in [2.45, 2.75) is 56.4 Å². The summed E-state index contributed by atoms with van der Waals surface area (Å²) in [5.41, 5.74) is 1.19. The molecule has 0 saturated heterocycles. The van der Waals surface area contributed by atoms with Crippen LogP contribution in [-0.4, -0.2) is 27.5 Å². The number of hydrogen-bond donors (Lipinski definition) is 2. The van der Waals surface area contributed by atoms with E-state index in [4.69, 9.17) is 0 Å².